The van der Waals surface area contributed by atoms with Crippen molar-refractivity contribution in [3.63, 3.8) is 0 Å². The number of likely N-dealkylation sites (tertiary alicyclic amines) is 1. The molecule has 2 aromatic rings. The molecule has 3 atom stereocenters. The first-order valence-electron chi connectivity index (χ1n) is 13.9. The van der Waals surface area contributed by atoms with Gasteiger partial charge in [0, 0.05) is 56.3 Å². The zero-order valence-corrected chi connectivity index (χ0v) is 22.7. The first-order valence-corrected chi connectivity index (χ1v) is 14.2. The Kier molecular flexibility index (Phi) is 8.87. The monoisotopic (exact) mass is 539 g/mol. The number of halogens is 1. The number of para-hydroxylation sites is 1. The van der Waals surface area contributed by atoms with Crippen LogP contribution < -0.4 is 4.74 Å². The van der Waals surface area contributed by atoms with E-state index in [0.29, 0.717) is 70.3 Å². The summed E-state index contributed by atoms with van der Waals surface area (Å²) in [7, 11) is 0. The van der Waals surface area contributed by atoms with Crippen LogP contribution in [-0.2, 0) is 22.7 Å². The largest absolute Gasteiger partial charge is 0.493 e. The molecule has 8 heteroatoms. The van der Waals surface area contributed by atoms with E-state index in [0.717, 1.165) is 36.1 Å². The van der Waals surface area contributed by atoms with Gasteiger partial charge in [0.25, 0.3) is 0 Å². The summed E-state index contributed by atoms with van der Waals surface area (Å²) in [6, 6.07) is 15.8. The average Bonchev–Trinajstić information content (AvgIpc) is 3.35. The number of rotatable bonds is 4. The summed E-state index contributed by atoms with van der Waals surface area (Å²) in [5.74, 6) is 1.59. The van der Waals surface area contributed by atoms with Gasteiger partial charge in [-0.2, -0.15) is 0 Å². The number of carbonyl (C=O) groups is 2. The molecule has 1 N–H and O–H groups in total. The van der Waals surface area contributed by atoms with Crippen LogP contribution in [0.3, 0.4) is 0 Å². The van der Waals surface area contributed by atoms with Crippen molar-refractivity contribution in [2.75, 3.05) is 39.3 Å². The molecule has 0 spiro atoms. The Bertz CT molecular complexity index is 1130. The minimum absolute atomic E-state index is 0.118. The second kappa shape index (κ2) is 12.5. The molecule has 38 heavy (non-hydrogen) atoms. The van der Waals surface area contributed by atoms with E-state index < -0.39 is 6.10 Å². The summed E-state index contributed by atoms with van der Waals surface area (Å²) in [5, 5.41) is 10.6. The van der Waals surface area contributed by atoms with Gasteiger partial charge in [-0.25, -0.2) is 0 Å². The van der Waals surface area contributed by atoms with Crippen LogP contribution in [0, 0.1) is 11.8 Å². The third-order valence-corrected chi connectivity index (χ3v) is 8.62. The fourth-order valence-corrected chi connectivity index (χ4v) is 6.29. The van der Waals surface area contributed by atoms with Gasteiger partial charge >= 0.3 is 0 Å². The maximum atomic E-state index is 13.6. The standard InChI is InChI=1S/C30H38ClN3O4/c31-27-9-3-1-6-24(27)17-32-18-25-7-2-4-10-28(25)38-15-5-8-23-19-33(30(37)21-32)13-11-22(23)16-29(36)34-14-12-26(35)20-34/h1-4,6-7,9-10,22-23,26,35H,5,8,11-21H2/t22-,23-,26+/m0/s1. The predicted molar refractivity (Wildman–Crippen MR) is 147 cm³/mol. The Labute approximate surface area is 230 Å². The number of aliphatic hydroxyl groups is 1. The molecular formula is C30H38ClN3O4. The van der Waals surface area contributed by atoms with Crippen LogP contribution in [0.4, 0.5) is 0 Å². The van der Waals surface area contributed by atoms with Crippen molar-refractivity contribution in [1.29, 1.82) is 0 Å². The lowest BCUT2D eigenvalue weighted by molar-refractivity contribution is -0.136. The van der Waals surface area contributed by atoms with Gasteiger partial charge in [-0.15, -0.1) is 0 Å². The molecule has 3 heterocycles. The summed E-state index contributed by atoms with van der Waals surface area (Å²) in [6.07, 6.45) is 3.35. The van der Waals surface area contributed by atoms with Crippen LogP contribution in [-0.4, -0.2) is 77.1 Å². The van der Waals surface area contributed by atoms with E-state index in [-0.39, 0.29) is 23.7 Å². The van der Waals surface area contributed by atoms with Crippen LogP contribution >= 0.6 is 11.6 Å². The number of amides is 2. The number of ether oxygens (including phenoxy) is 1. The van der Waals surface area contributed by atoms with Gasteiger partial charge < -0.3 is 19.6 Å². The predicted octanol–water partition coefficient (Wildman–Crippen LogP) is 3.96. The summed E-state index contributed by atoms with van der Waals surface area (Å²) in [6.45, 7) is 4.46. The van der Waals surface area contributed by atoms with Crippen molar-refractivity contribution in [1.82, 2.24) is 14.7 Å². The molecule has 3 aliphatic heterocycles. The van der Waals surface area contributed by atoms with E-state index in [1.54, 1.807) is 4.90 Å². The number of benzene rings is 2. The quantitative estimate of drug-likeness (QED) is 0.636. The lowest BCUT2D eigenvalue weighted by Crippen LogP contribution is -2.48. The van der Waals surface area contributed by atoms with Gasteiger partial charge in [0.1, 0.15) is 5.75 Å². The molecule has 2 saturated heterocycles. The van der Waals surface area contributed by atoms with Gasteiger partial charge in [-0.3, -0.25) is 14.5 Å². The number of fused-ring (bicyclic) bond motifs is 3. The molecule has 0 unspecified atom stereocenters. The second-order valence-electron chi connectivity index (χ2n) is 11.0. The van der Waals surface area contributed by atoms with Gasteiger partial charge in [0.2, 0.25) is 11.8 Å². The van der Waals surface area contributed by atoms with E-state index in [2.05, 4.69) is 11.0 Å². The highest BCUT2D eigenvalue weighted by atomic mass is 35.5. The van der Waals surface area contributed by atoms with Crippen LogP contribution in [0.2, 0.25) is 5.02 Å². The van der Waals surface area contributed by atoms with Crippen LogP contribution in [0.1, 0.15) is 43.2 Å². The first kappa shape index (κ1) is 27.0. The van der Waals surface area contributed by atoms with E-state index in [1.807, 2.05) is 47.4 Å². The molecule has 3 aliphatic rings. The maximum Gasteiger partial charge on any atom is 0.236 e. The van der Waals surface area contributed by atoms with E-state index in [9.17, 15) is 14.7 Å². The molecule has 2 amide bonds. The fourth-order valence-electron chi connectivity index (χ4n) is 6.10. The Hall–Kier alpha value is -2.61. The summed E-state index contributed by atoms with van der Waals surface area (Å²) >= 11 is 6.49. The fraction of sp³-hybridized carbons (Fsp3) is 0.533. The van der Waals surface area contributed by atoms with Crippen molar-refractivity contribution >= 4 is 23.4 Å². The summed E-state index contributed by atoms with van der Waals surface area (Å²) in [5.41, 5.74) is 2.05. The number of nitrogens with zero attached hydrogens (tertiary/aromatic N) is 3. The minimum atomic E-state index is -0.405. The van der Waals surface area contributed by atoms with Crippen LogP contribution in [0.25, 0.3) is 0 Å². The zero-order valence-electron chi connectivity index (χ0n) is 21.9. The van der Waals surface area contributed by atoms with Crippen molar-refractivity contribution in [2.45, 2.75) is 51.3 Å². The maximum absolute atomic E-state index is 13.6. The normalized spacial score (nSPS) is 25.1. The van der Waals surface area contributed by atoms with Crippen molar-refractivity contribution < 1.29 is 19.4 Å². The molecule has 0 saturated carbocycles. The molecule has 7 nitrogen and oxygen atoms in total. The number of piperidine rings is 1. The molecule has 5 rings (SSSR count). The highest BCUT2D eigenvalue weighted by molar-refractivity contribution is 6.31. The van der Waals surface area contributed by atoms with Gasteiger partial charge in [0.05, 0.1) is 19.3 Å². The lowest BCUT2D eigenvalue weighted by atomic mass is 9.80. The van der Waals surface area contributed by atoms with Gasteiger partial charge in [0.15, 0.2) is 0 Å². The molecule has 2 aromatic carbocycles. The highest BCUT2D eigenvalue weighted by Crippen LogP contribution is 2.32. The second-order valence-corrected chi connectivity index (χ2v) is 11.4. The molecule has 0 radical (unpaired) electrons. The van der Waals surface area contributed by atoms with E-state index in [4.69, 9.17) is 16.3 Å². The smallest absolute Gasteiger partial charge is 0.236 e. The molecule has 2 fully saturated rings. The van der Waals surface area contributed by atoms with Crippen LogP contribution in [0.15, 0.2) is 48.5 Å². The number of hydrogen-bond donors (Lipinski definition) is 1. The van der Waals surface area contributed by atoms with Crippen molar-refractivity contribution in [2.24, 2.45) is 11.8 Å². The molecule has 0 aliphatic carbocycles. The average molecular weight is 540 g/mol. The van der Waals surface area contributed by atoms with Crippen LogP contribution in [0.5, 0.6) is 5.75 Å². The molecule has 2 bridgehead atoms. The molecule has 204 valence electrons. The minimum Gasteiger partial charge on any atom is -0.493 e. The molecule has 0 aromatic heterocycles. The zero-order chi connectivity index (χ0) is 26.5. The van der Waals surface area contributed by atoms with Gasteiger partial charge in [-0.1, -0.05) is 48.0 Å². The lowest BCUT2D eigenvalue weighted by Gasteiger charge is -2.39. The first-order chi connectivity index (χ1) is 18.5. The Morgan fingerprint density at radius 2 is 1.82 bits per heavy atom. The number of aliphatic hydroxyl groups excluding tert-OH is 1. The van der Waals surface area contributed by atoms with Crippen molar-refractivity contribution in [3.05, 3.63) is 64.7 Å². The third kappa shape index (κ3) is 6.68. The number of carbonyl (C=O) groups excluding carboxylic acids is 2. The number of β-amino-alcohol motifs (C(OH)–C–C–N with tert-alkyl or cyclic N) is 1. The summed E-state index contributed by atoms with van der Waals surface area (Å²) < 4.78 is 6.24. The molecular weight excluding hydrogens is 502 g/mol. The van der Waals surface area contributed by atoms with Crippen molar-refractivity contribution in [3.8, 4) is 5.75 Å². The van der Waals surface area contributed by atoms with Gasteiger partial charge in [-0.05, 0) is 55.2 Å². The van der Waals surface area contributed by atoms with E-state index >= 15 is 0 Å². The summed E-state index contributed by atoms with van der Waals surface area (Å²) in [4.78, 5) is 32.5. The van der Waals surface area contributed by atoms with E-state index in [1.165, 1.54) is 0 Å². The topological polar surface area (TPSA) is 73.3 Å². The third-order valence-electron chi connectivity index (χ3n) is 8.25. The SMILES string of the molecule is O=C(C[C@@H]1CCN2C[C@@H]1CCCOc1ccccc1CN(Cc1ccccc1Cl)CC2=O)N1CC[C@@H](O)C1. The Morgan fingerprint density at radius 3 is 2.63 bits per heavy atom. The highest BCUT2D eigenvalue weighted by Gasteiger charge is 2.35. The number of hydrogen-bond acceptors (Lipinski definition) is 5. The Balaban J connectivity index is 1.33. The Morgan fingerprint density at radius 1 is 1.00 bits per heavy atom.